The van der Waals surface area contributed by atoms with E-state index < -0.39 is 11.5 Å². The van der Waals surface area contributed by atoms with Crippen molar-refractivity contribution in [1.82, 2.24) is 0 Å². The van der Waals surface area contributed by atoms with Crippen LogP contribution in [-0.2, 0) is 14.3 Å². The van der Waals surface area contributed by atoms with Gasteiger partial charge in [0.25, 0.3) is 0 Å². The Hall–Kier alpha value is 1.47. The molecule has 0 spiro atoms. The van der Waals surface area contributed by atoms with Crippen LogP contribution in [0.2, 0.25) is 0 Å². The standard InChI is InChI=1S/C4H9NO2.2HI.V/c1-4(2,5)3(6)7;;;/h5H2,1-2H3,(H,6,7);2*1H;/q;;;+2/p-2. The molecule has 61 valence electrons. The van der Waals surface area contributed by atoms with Crippen LogP contribution < -0.4 is 5.73 Å². The third kappa shape index (κ3) is 12.2. The number of carbonyl (C=O) groups is 1. The van der Waals surface area contributed by atoms with Gasteiger partial charge in [-0.1, -0.05) is 0 Å². The van der Waals surface area contributed by atoms with E-state index in [1.54, 1.807) is 0 Å². The molecule has 0 atom stereocenters. The number of carboxylic acid groups (broad SMARTS) is 1. The maximum absolute atomic E-state index is 9.90. The van der Waals surface area contributed by atoms with E-state index in [4.69, 9.17) is 10.8 Å². The predicted molar refractivity (Wildman–Crippen MR) is 53.9 cm³/mol. The van der Waals surface area contributed by atoms with Gasteiger partial charge in [-0.3, -0.25) is 4.79 Å². The van der Waals surface area contributed by atoms with Gasteiger partial charge in [0.2, 0.25) is 0 Å². The fourth-order valence-corrected chi connectivity index (χ4v) is 0. The number of hydrogen-bond donors (Lipinski definition) is 2. The topological polar surface area (TPSA) is 63.3 Å². The zero-order valence-electron chi connectivity index (χ0n) is 5.64. The molecular weight excluding hydrogens is 399 g/mol. The van der Waals surface area contributed by atoms with Gasteiger partial charge >= 0.3 is 55.4 Å². The molecule has 0 saturated carbocycles. The van der Waals surface area contributed by atoms with Crippen LogP contribution in [0.5, 0.6) is 0 Å². The third-order valence-corrected chi connectivity index (χ3v) is 0.551. The average Bonchev–Trinajstić information content (AvgIpc) is 1.64. The summed E-state index contributed by atoms with van der Waals surface area (Å²) in [5, 5.41) is 8.12. The fraction of sp³-hybridized carbons (Fsp3) is 0.750. The van der Waals surface area contributed by atoms with Gasteiger partial charge < -0.3 is 10.8 Å². The van der Waals surface area contributed by atoms with E-state index >= 15 is 0 Å². The Morgan fingerprint density at radius 1 is 1.60 bits per heavy atom. The van der Waals surface area contributed by atoms with Crippen LogP contribution in [0.3, 0.4) is 0 Å². The van der Waals surface area contributed by atoms with Crippen LogP contribution in [-0.4, -0.2) is 16.6 Å². The Morgan fingerprint density at radius 3 is 1.70 bits per heavy atom. The van der Waals surface area contributed by atoms with Gasteiger partial charge in [-0.05, 0) is 13.8 Å². The summed E-state index contributed by atoms with van der Waals surface area (Å²) in [5.74, 6) is -0.979. The molecule has 10 heavy (non-hydrogen) atoms. The molecule has 3 nitrogen and oxygen atoms in total. The molecule has 0 aliphatic carbocycles. The molecule has 0 bridgehead atoms. The summed E-state index contributed by atoms with van der Waals surface area (Å²) >= 11 is 4.74. The molecule has 0 saturated heterocycles. The van der Waals surface area contributed by atoms with Gasteiger partial charge in [-0.15, -0.1) is 0 Å². The summed E-state index contributed by atoms with van der Waals surface area (Å²) in [6.45, 7) is 2.88. The van der Waals surface area contributed by atoms with Crippen LogP contribution >= 0.6 is 40.0 Å². The summed E-state index contributed by atoms with van der Waals surface area (Å²) < 4.78 is 0. The average molecular weight is 408 g/mol. The summed E-state index contributed by atoms with van der Waals surface area (Å²) in [4.78, 5) is 9.90. The molecule has 0 radical (unpaired) electrons. The zero-order chi connectivity index (χ0) is 8.78. The first-order chi connectivity index (χ1) is 4.36. The zero-order valence-corrected chi connectivity index (χ0v) is 11.3. The number of nitrogens with two attached hydrogens (primary N) is 1. The Balaban J connectivity index is 0. The second kappa shape index (κ2) is 7.14. The molecule has 0 aromatic carbocycles. The normalized spacial score (nSPS) is 9.30. The quantitative estimate of drug-likeness (QED) is 0.649. The monoisotopic (exact) mass is 408 g/mol. The Kier molecular flexibility index (Phi) is 10.0. The first-order valence-electron chi connectivity index (χ1n) is 2.30. The fourth-order valence-electron chi connectivity index (χ4n) is 0. The third-order valence-electron chi connectivity index (χ3n) is 0.551. The van der Waals surface area contributed by atoms with Crippen molar-refractivity contribution >= 4 is 45.9 Å². The summed E-state index contributed by atoms with van der Waals surface area (Å²) in [5.41, 5.74) is 4.00. The van der Waals surface area contributed by atoms with E-state index in [1.807, 2.05) is 0 Å². The molecule has 6 heteroatoms. The maximum atomic E-state index is 9.90. The van der Waals surface area contributed by atoms with Crippen molar-refractivity contribution in [2.75, 3.05) is 0 Å². The molecule has 0 aliphatic rings. The molecule has 0 amide bonds. The Bertz CT molecular complexity index is 104. The molecule has 3 N–H and O–H groups in total. The minimum atomic E-state index is -1.08. The van der Waals surface area contributed by atoms with Gasteiger partial charge in [0.1, 0.15) is 5.54 Å². The van der Waals surface area contributed by atoms with Gasteiger partial charge in [0, 0.05) is 0 Å². The van der Waals surface area contributed by atoms with Gasteiger partial charge in [-0.2, -0.15) is 0 Å². The second-order valence-corrected chi connectivity index (χ2v) is 13.9. The van der Waals surface area contributed by atoms with Gasteiger partial charge in [-0.25, -0.2) is 0 Å². The first kappa shape index (κ1) is 14.0. The van der Waals surface area contributed by atoms with Crippen molar-refractivity contribution < 1.29 is 19.4 Å². The molecule has 0 heterocycles. The summed E-state index contributed by atoms with van der Waals surface area (Å²) in [7, 11) is 0.628. The van der Waals surface area contributed by atoms with Crippen molar-refractivity contribution in [1.29, 1.82) is 0 Å². The van der Waals surface area contributed by atoms with Crippen molar-refractivity contribution in [3.05, 3.63) is 0 Å². The van der Waals surface area contributed by atoms with Crippen molar-refractivity contribution in [2.45, 2.75) is 19.4 Å². The van der Waals surface area contributed by atoms with Crippen LogP contribution in [0.4, 0.5) is 0 Å². The predicted octanol–water partition coefficient (Wildman–Crippen LogP) is 1.58. The molecule has 0 fully saturated rings. The number of aliphatic carboxylic acids is 1. The molecule has 0 aromatic heterocycles. The molecule has 0 aliphatic heterocycles. The van der Waals surface area contributed by atoms with Gasteiger partial charge in [0.15, 0.2) is 0 Å². The number of carboxylic acids is 1. The minimum absolute atomic E-state index is 0.628. The van der Waals surface area contributed by atoms with Crippen LogP contribution in [0.25, 0.3) is 0 Å². The SMILES string of the molecule is CC(C)(N)C(=O)O.[I][V][I]. The van der Waals surface area contributed by atoms with Crippen LogP contribution in [0.1, 0.15) is 13.8 Å². The number of hydrogen-bond acceptors (Lipinski definition) is 2. The summed E-state index contributed by atoms with van der Waals surface area (Å²) in [6.07, 6.45) is 0. The molecule has 0 aromatic rings. The van der Waals surface area contributed by atoms with E-state index in [-0.39, 0.29) is 0 Å². The Morgan fingerprint density at radius 2 is 1.70 bits per heavy atom. The van der Waals surface area contributed by atoms with Crippen LogP contribution in [0, 0.1) is 0 Å². The van der Waals surface area contributed by atoms with E-state index in [2.05, 4.69) is 40.0 Å². The number of rotatable bonds is 1. The van der Waals surface area contributed by atoms with Crippen molar-refractivity contribution in [3.8, 4) is 0 Å². The molecule has 0 rings (SSSR count). The Labute approximate surface area is 89.3 Å². The van der Waals surface area contributed by atoms with Crippen LogP contribution in [0.15, 0.2) is 0 Å². The van der Waals surface area contributed by atoms with Gasteiger partial charge in [0.05, 0.1) is 0 Å². The van der Waals surface area contributed by atoms with E-state index in [9.17, 15) is 4.79 Å². The molecule has 0 unspecified atom stereocenters. The first-order valence-corrected chi connectivity index (χ1v) is 11.3. The molecular formula is C4H9I2NO2V. The van der Waals surface area contributed by atoms with E-state index in [0.29, 0.717) is 9.47 Å². The van der Waals surface area contributed by atoms with Crippen molar-refractivity contribution in [3.63, 3.8) is 0 Å². The van der Waals surface area contributed by atoms with E-state index in [0.717, 1.165) is 0 Å². The van der Waals surface area contributed by atoms with E-state index in [1.165, 1.54) is 13.8 Å². The number of halogens is 2. The summed E-state index contributed by atoms with van der Waals surface area (Å²) in [6, 6.07) is 0. The second-order valence-electron chi connectivity index (χ2n) is 2.09. The van der Waals surface area contributed by atoms with Crippen molar-refractivity contribution in [2.24, 2.45) is 5.73 Å².